The van der Waals surface area contributed by atoms with Crippen LogP contribution in [0.15, 0.2) is 0 Å². The van der Waals surface area contributed by atoms with Gasteiger partial charge in [-0.05, 0) is 43.3 Å². The van der Waals surface area contributed by atoms with Crippen LogP contribution in [0, 0.1) is 18.3 Å². The molecule has 0 saturated carbocycles. The van der Waals surface area contributed by atoms with Crippen LogP contribution in [0.2, 0.25) is 0 Å². The van der Waals surface area contributed by atoms with Crippen molar-refractivity contribution in [1.29, 1.82) is 5.26 Å². The first kappa shape index (κ1) is 14.3. The van der Waals surface area contributed by atoms with Crippen LogP contribution < -0.4 is 5.32 Å². The van der Waals surface area contributed by atoms with Gasteiger partial charge in [0.25, 0.3) is 0 Å². The zero-order valence-electron chi connectivity index (χ0n) is 10.5. The Balaban J connectivity index is 2.16. The fourth-order valence-corrected chi connectivity index (χ4v) is 2.81. The molecule has 0 unspecified atom stereocenters. The lowest BCUT2D eigenvalue weighted by atomic mass is 10.2. The summed E-state index contributed by atoms with van der Waals surface area (Å²) in [7, 11) is 0. The van der Waals surface area contributed by atoms with Crippen LogP contribution in [0.5, 0.6) is 0 Å². The standard InChI is InChI=1S/C12H19N3S2/c1-10-11(9-13)12(17-15-10)14-7-5-3-4-6-8-16-2/h14H,3-8H2,1-2H3. The summed E-state index contributed by atoms with van der Waals surface area (Å²) in [5.74, 6) is 1.26. The molecule has 17 heavy (non-hydrogen) atoms. The van der Waals surface area contributed by atoms with Crippen molar-refractivity contribution >= 4 is 28.3 Å². The molecule has 3 nitrogen and oxygen atoms in total. The number of nitriles is 1. The van der Waals surface area contributed by atoms with Gasteiger partial charge in [-0.1, -0.05) is 12.8 Å². The third-order valence-corrected chi connectivity index (χ3v) is 4.13. The Kier molecular flexibility index (Phi) is 7.06. The molecule has 0 aliphatic carbocycles. The Hall–Kier alpha value is -0.730. The number of aryl methyl sites for hydroxylation is 1. The number of thioether (sulfide) groups is 1. The molecule has 0 fully saturated rings. The van der Waals surface area contributed by atoms with Gasteiger partial charge >= 0.3 is 0 Å². The summed E-state index contributed by atoms with van der Waals surface area (Å²) in [6, 6.07) is 2.20. The van der Waals surface area contributed by atoms with Gasteiger partial charge < -0.3 is 5.32 Å². The van der Waals surface area contributed by atoms with Crippen molar-refractivity contribution in [3.05, 3.63) is 11.3 Å². The van der Waals surface area contributed by atoms with E-state index in [2.05, 4.69) is 22.0 Å². The normalized spacial score (nSPS) is 10.2. The molecule has 1 rings (SSSR count). The van der Waals surface area contributed by atoms with E-state index in [0.717, 1.165) is 23.7 Å². The minimum absolute atomic E-state index is 0.706. The molecule has 1 aromatic rings. The summed E-state index contributed by atoms with van der Waals surface area (Å²) in [5.41, 5.74) is 1.54. The smallest absolute Gasteiger partial charge is 0.127 e. The third kappa shape index (κ3) is 4.97. The van der Waals surface area contributed by atoms with Gasteiger partial charge in [0.05, 0.1) is 5.69 Å². The molecular weight excluding hydrogens is 250 g/mol. The lowest BCUT2D eigenvalue weighted by Gasteiger charge is -2.03. The maximum atomic E-state index is 8.96. The maximum absolute atomic E-state index is 8.96. The SMILES string of the molecule is CSCCCCCCNc1snc(C)c1C#N. The number of anilines is 1. The van der Waals surface area contributed by atoms with Crippen LogP contribution in [0.25, 0.3) is 0 Å². The number of unbranched alkanes of at least 4 members (excludes halogenated alkanes) is 3. The Morgan fingerprint density at radius 2 is 2.12 bits per heavy atom. The molecule has 5 heteroatoms. The summed E-state index contributed by atoms with van der Waals surface area (Å²) in [5, 5.41) is 13.2. The molecule has 0 amide bonds. The van der Waals surface area contributed by atoms with Gasteiger partial charge in [0.1, 0.15) is 16.6 Å². The second-order valence-electron chi connectivity index (χ2n) is 3.92. The first-order chi connectivity index (χ1) is 8.29. The molecule has 1 N–H and O–H groups in total. The topological polar surface area (TPSA) is 48.7 Å². The first-order valence-electron chi connectivity index (χ1n) is 5.88. The number of hydrogen-bond donors (Lipinski definition) is 1. The lowest BCUT2D eigenvalue weighted by Crippen LogP contribution is -2.01. The Morgan fingerprint density at radius 3 is 2.82 bits per heavy atom. The van der Waals surface area contributed by atoms with Gasteiger partial charge in [0.15, 0.2) is 0 Å². The van der Waals surface area contributed by atoms with Crippen molar-refractivity contribution in [3.8, 4) is 6.07 Å². The quantitative estimate of drug-likeness (QED) is 0.732. The highest BCUT2D eigenvalue weighted by atomic mass is 32.2. The predicted octanol–water partition coefficient (Wildman–Crippen LogP) is 3.66. The van der Waals surface area contributed by atoms with E-state index >= 15 is 0 Å². The number of hydrogen-bond acceptors (Lipinski definition) is 5. The number of nitrogens with zero attached hydrogens (tertiary/aromatic N) is 2. The lowest BCUT2D eigenvalue weighted by molar-refractivity contribution is 0.689. The van der Waals surface area contributed by atoms with Crippen LogP contribution in [0.4, 0.5) is 5.00 Å². The van der Waals surface area contributed by atoms with E-state index in [0.29, 0.717) is 5.56 Å². The van der Waals surface area contributed by atoms with Gasteiger partial charge in [-0.25, -0.2) is 0 Å². The van der Waals surface area contributed by atoms with Crippen LogP contribution in [0.1, 0.15) is 36.9 Å². The number of rotatable bonds is 8. The van der Waals surface area contributed by atoms with E-state index in [-0.39, 0.29) is 0 Å². The van der Waals surface area contributed by atoms with Crippen molar-refractivity contribution in [2.75, 3.05) is 23.9 Å². The number of aromatic nitrogens is 1. The molecule has 1 aromatic heterocycles. The second-order valence-corrected chi connectivity index (χ2v) is 5.68. The Bertz CT molecular complexity index is 368. The van der Waals surface area contributed by atoms with E-state index in [1.807, 2.05) is 18.7 Å². The summed E-state index contributed by atoms with van der Waals surface area (Å²) in [6.45, 7) is 2.82. The van der Waals surface area contributed by atoms with Gasteiger partial charge in [-0.15, -0.1) is 0 Å². The fraction of sp³-hybridized carbons (Fsp3) is 0.667. The third-order valence-electron chi connectivity index (χ3n) is 2.54. The average molecular weight is 269 g/mol. The summed E-state index contributed by atoms with van der Waals surface area (Å²) >= 11 is 3.30. The molecule has 0 atom stereocenters. The van der Waals surface area contributed by atoms with Gasteiger partial charge in [0.2, 0.25) is 0 Å². The number of nitrogens with one attached hydrogen (secondary N) is 1. The molecule has 0 spiro atoms. The van der Waals surface area contributed by atoms with E-state index in [1.165, 1.54) is 36.5 Å². The molecule has 94 valence electrons. The predicted molar refractivity (Wildman–Crippen MR) is 76.9 cm³/mol. The van der Waals surface area contributed by atoms with Gasteiger partial charge in [-0.2, -0.15) is 21.4 Å². The highest BCUT2D eigenvalue weighted by Crippen LogP contribution is 2.23. The van der Waals surface area contributed by atoms with Crippen LogP contribution in [-0.2, 0) is 0 Å². The fourth-order valence-electron chi connectivity index (χ4n) is 1.55. The Morgan fingerprint density at radius 1 is 1.35 bits per heavy atom. The highest BCUT2D eigenvalue weighted by molar-refractivity contribution is 7.98. The zero-order valence-corrected chi connectivity index (χ0v) is 12.1. The summed E-state index contributed by atoms with van der Waals surface area (Å²) < 4.78 is 4.18. The molecule has 0 aliphatic rings. The van der Waals surface area contributed by atoms with Crippen LogP contribution >= 0.6 is 23.3 Å². The molecule has 0 saturated heterocycles. The van der Waals surface area contributed by atoms with Crippen molar-refractivity contribution in [3.63, 3.8) is 0 Å². The molecule has 1 heterocycles. The first-order valence-corrected chi connectivity index (χ1v) is 8.05. The zero-order chi connectivity index (χ0) is 12.5. The van der Waals surface area contributed by atoms with Gasteiger partial charge in [0, 0.05) is 6.54 Å². The van der Waals surface area contributed by atoms with Crippen molar-refractivity contribution in [1.82, 2.24) is 4.37 Å². The highest BCUT2D eigenvalue weighted by Gasteiger charge is 2.08. The molecule has 0 aromatic carbocycles. The van der Waals surface area contributed by atoms with Crippen molar-refractivity contribution in [2.45, 2.75) is 32.6 Å². The van der Waals surface area contributed by atoms with Gasteiger partial charge in [-0.3, -0.25) is 0 Å². The van der Waals surface area contributed by atoms with E-state index < -0.39 is 0 Å². The average Bonchev–Trinajstić information content (AvgIpc) is 2.69. The maximum Gasteiger partial charge on any atom is 0.127 e. The van der Waals surface area contributed by atoms with E-state index in [4.69, 9.17) is 5.26 Å². The van der Waals surface area contributed by atoms with E-state index in [1.54, 1.807) is 0 Å². The second kappa shape index (κ2) is 8.37. The van der Waals surface area contributed by atoms with Crippen LogP contribution in [0.3, 0.4) is 0 Å². The summed E-state index contributed by atoms with van der Waals surface area (Å²) in [6.07, 6.45) is 7.18. The largest absolute Gasteiger partial charge is 0.375 e. The van der Waals surface area contributed by atoms with Crippen LogP contribution in [-0.4, -0.2) is 22.9 Å². The van der Waals surface area contributed by atoms with E-state index in [9.17, 15) is 0 Å². The monoisotopic (exact) mass is 269 g/mol. The molecule has 0 aliphatic heterocycles. The summed E-state index contributed by atoms with van der Waals surface area (Å²) in [4.78, 5) is 0. The molecule has 0 radical (unpaired) electrons. The van der Waals surface area contributed by atoms with Crippen molar-refractivity contribution in [2.24, 2.45) is 0 Å². The minimum atomic E-state index is 0.706. The Labute approximate surface area is 112 Å². The molecular formula is C12H19N3S2. The van der Waals surface area contributed by atoms with Crippen molar-refractivity contribution < 1.29 is 0 Å². The molecule has 0 bridgehead atoms. The minimum Gasteiger partial charge on any atom is -0.375 e.